The van der Waals surface area contributed by atoms with Crippen LogP contribution in [0.2, 0.25) is 0 Å². The Morgan fingerprint density at radius 3 is 2.76 bits per heavy atom. The summed E-state index contributed by atoms with van der Waals surface area (Å²) in [4.78, 5) is 8.40. The number of nitrogens with one attached hydrogen (secondary N) is 1. The molecule has 17 heavy (non-hydrogen) atoms. The normalized spacial score (nSPS) is 12.4. The molecule has 2 heterocycles. The van der Waals surface area contributed by atoms with E-state index in [1.54, 1.807) is 12.4 Å². The third kappa shape index (κ3) is 2.41. The summed E-state index contributed by atoms with van der Waals surface area (Å²) in [6, 6.07) is 7.37. The molecule has 88 valence electrons. The number of aryl methyl sites for hydroxylation is 1. The number of pyridine rings is 2. The zero-order chi connectivity index (χ0) is 12.3. The molecule has 0 aliphatic carbocycles. The first-order valence-electron chi connectivity index (χ1n) is 5.31. The molecular weight excluding hydrogens is 214 g/mol. The molecule has 1 atom stereocenters. The van der Waals surface area contributed by atoms with Gasteiger partial charge in [-0.3, -0.25) is 10.8 Å². The number of rotatable bonds is 3. The second-order valence-electron chi connectivity index (χ2n) is 3.84. The van der Waals surface area contributed by atoms with Crippen molar-refractivity contribution in [3.8, 4) is 0 Å². The number of hydrogen-bond acceptors (Lipinski definition) is 5. The maximum absolute atomic E-state index is 5.87. The van der Waals surface area contributed by atoms with E-state index in [1.807, 2.05) is 31.2 Å². The van der Waals surface area contributed by atoms with Gasteiger partial charge in [0.2, 0.25) is 0 Å². The van der Waals surface area contributed by atoms with Gasteiger partial charge in [0.25, 0.3) is 0 Å². The summed E-state index contributed by atoms with van der Waals surface area (Å²) >= 11 is 0. The van der Waals surface area contributed by atoms with Gasteiger partial charge in [0.1, 0.15) is 5.82 Å². The van der Waals surface area contributed by atoms with Crippen LogP contribution in [-0.4, -0.2) is 9.97 Å². The van der Waals surface area contributed by atoms with E-state index in [1.165, 1.54) is 0 Å². The molecule has 5 heteroatoms. The summed E-state index contributed by atoms with van der Waals surface area (Å²) in [6.45, 7) is 1.96. The smallest absolute Gasteiger partial charge is 0.128 e. The Bertz CT molecular complexity index is 498. The van der Waals surface area contributed by atoms with E-state index in [0.29, 0.717) is 5.82 Å². The molecule has 2 aromatic rings. The Morgan fingerprint density at radius 1 is 1.29 bits per heavy atom. The molecule has 0 aliphatic heterocycles. The molecule has 5 N–H and O–H groups in total. The minimum absolute atomic E-state index is 0.247. The second-order valence-corrected chi connectivity index (χ2v) is 3.84. The van der Waals surface area contributed by atoms with E-state index in [-0.39, 0.29) is 6.04 Å². The molecule has 0 fully saturated rings. The van der Waals surface area contributed by atoms with Crippen LogP contribution in [0.25, 0.3) is 0 Å². The van der Waals surface area contributed by atoms with Gasteiger partial charge in [-0.1, -0.05) is 6.07 Å². The molecular formula is C12H15N5. The van der Waals surface area contributed by atoms with Gasteiger partial charge < -0.3 is 5.73 Å². The highest BCUT2D eigenvalue weighted by Gasteiger charge is 2.16. The lowest BCUT2D eigenvalue weighted by atomic mass is 10.0. The second kappa shape index (κ2) is 4.90. The molecule has 0 saturated carbocycles. The summed E-state index contributed by atoms with van der Waals surface area (Å²) < 4.78 is 0. The van der Waals surface area contributed by atoms with E-state index in [0.717, 1.165) is 16.8 Å². The lowest BCUT2D eigenvalue weighted by molar-refractivity contribution is 0.620. The Balaban J connectivity index is 2.46. The fourth-order valence-electron chi connectivity index (χ4n) is 1.71. The summed E-state index contributed by atoms with van der Waals surface area (Å²) in [5.74, 6) is 6.04. The van der Waals surface area contributed by atoms with Crippen molar-refractivity contribution in [2.24, 2.45) is 5.84 Å². The quantitative estimate of drug-likeness (QED) is 0.538. The Hall–Kier alpha value is -1.98. The van der Waals surface area contributed by atoms with Gasteiger partial charge in [-0.25, -0.2) is 10.4 Å². The molecule has 0 radical (unpaired) electrons. The van der Waals surface area contributed by atoms with Gasteiger partial charge in [-0.2, -0.15) is 0 Å². The van der Waals surface area contributed by atoms with E-state index >= 15 is 0 Å². The molecule has 0 spiro atoms. The first kappa shape index (κ1) is 11.5. The molecule has 2 aromatic heterocycles. The Labute approximate surface area is 99.9 Å². The summed E-state index contributed by atoms with van der Waals surface area (Å²) in [5, 5.41) is 0. The molecule has 2 rings (SSSR count). The molecule has 0 saturated heterocycles. The average Bonchev–Trinajstić information content (AvgIpc) is 2.36. The van der Waals surface area contributed by atoms with E-state index < -0.39 is 0 Å². The van der Waals surface area contributed by atoms with Crippen LogP contribution in [0.4, 0.5) is 5.82 Å². The summed E-state index contributed by atoms with van der Waals surface area (Å²) in [7, 11) is 0. The number of hydrogen-bond donors (Lipinski definition) is 3. The fourth-order valence-corrected chi connectivity index (χ4v) is 1.71. The number of nitrogen functional groups attached to an aromatic ring is 1. The summed E-state index contributed by atoms with van der Waals surface area (Å²) in [6.07, 6.45) is 3.45. The van der Waals surface area contributed by atoms with Crippen LogP contribution >= 0.6 is 0 Å². The standard InChI is InChI=1S/C12H15N5/c1-8-6-9(12(13)16-7-8)11(17-14)10-4-2-3-5-15-10/h2-7,11,17H,14H2,1H3,(H2,13,16). The maximum Gasteiger partial charge on any atom is 0.128 e. The van der Waals surface area contributed by atoms with Crippen molar-refractivity contribution in [2.45, 2.75) is 13.0 Å². The molecule has 0 aromatic carbocycles. The number of aromatic nitrogens is 2. The molecule has 0 aliphatic rings. The van der Waals surface area contributed by atoms with Crippen molar-refractivity contribution >= 4 is 5.82 Å². The van der Waals surface area contributed by atoms with E-state index in [2.05, 4.69) is 15.4 Å². The zero-order valence-corrected chi connectivity index (χ0v) is 9.59. The van der Waals surface area contributed by atoms with Crippen LogP contribution in [0, 0.1) is 6.92 Å². The largest absolute Gasteiger partial charge is 0.383 e. The van der Waals surface area contributed by atoms with Crippen LogP contribution < -0.4 is 17.0 Å². The predicted molar refractivity (Wildman–Crippen MR) is 66.8 cm³/mol. The van der Waals surface area contributed by atoms with Crippen LogP contribution in [0.1, 0.15) is 22.9 Å². The van der Waals surface area contributed by atoms with Crippen LogP contribution in [-0.2, 0) is 0 Å². The first-order valence-corrected chi connectivity index (χ1v) is 5.31. The van der Waals surface area contributed by atoms with Gasteiger partial charge in [-0.15, -0.1) is 0 Å². The van der Waals surface area contributed by atoms with Crippen molar-refractivity contribution in [3.63, 3.8) is 0 Å². The highest BCUT2D eigenvalue weighted by atomic mass is 15.2. The van der Waals surface area contributed by atoms with Crippen LogP contribution in [0.15, 0.2) is 36.7 Å². The van der Waals surface area contributed by atoms with Gasteiger partial charge >= 0.3 is 0 Å². The third-order valence-corrected chi connectivity index (χ3v) is 2.55. The van der Waals surface area contributed by atoms with Gasteiger partial charge in [-0.05, 0) is 30.7 Å². The molecule has 0 amide bonds. The predicted octanol–water partition coefficient (Wildman–Crippen LogP) is 0.920. The van der Waals surface area contributed by atoms with Crippen LogP contribution in [0.5, 0.6) is 0 Å². The van der Waals surface area contributed by atoms with Crippen molar-refractivity contribution in [1.82, 2.24) is 15.4 Å². The zero-order valence-electron chi connectivity index (χ0n) is 9.59. The number of anilines is 1. The summed E-state index contributed by atoms with van der Waals surface area (Å²) in [5.41, 5.74) is 11.3. The van der Waals surface area contributed by atoms with Gasteiger partial charge in [0.15, 0.2) is 0 Å². The van der Waals surface area contributed by atoms with Gasteiger partial charge in [0, 0.05) is 18.0 Å². The van der Waals surface area contributed by atoms with E-state index in [4.69, 9.17) is 11.6 Å². The van der Waals surface area contributed by atoms with Crippen molar-refractivity contribution < 1.29 is 0 Å². The van der Waals surface area contributed by atoms with Crippen molar-refractivity contribution in [3.05, 3.63) is 53.5 Å². The average molecular weight is 229 g/mol. The molecule has 1 unspecified atom stereocenters. The third-order valence-electron chi connectivity index (χ3n) is 2.55. The minimum atomic E-state index is -0.247. The lowest BCUT2D eigenvalue weighted by Gasteiger charge is -2.17. The first-order chi connectivity index (χ1) is 8.22. The van der Waals surface area contributed by atoms with Gasteiger partial charge in [0.05, 0.1) is 11.7 Å². The maximum atomic E-state index is 5.87. The van der Waals surface area contributed by atoms with Crippen molar-refractivity contribution in [1.29, 1.82) is 0 Å². The Morgan fingerprint density at radius 2 is 2.12 bits per heavy atom. The Kier molecular flexibility index (Phi) is 3.32. The fraction of sp³-hybridized carbons (Fsp3) is 0.167. The molecule has 5 nitrogen and oxygen atoms in total. The lowest BCUT2D eigenvalue weighted by Crippen LogP contribution is -2.30. The molecule has 0 bridgehead atoms. The highest BCUT2D eigenvalue weighted by molar-refractivity contribution is 5.45. The van der Waals surface area contributed by atoms with Crippen LogP contribution in [0.3, 0.4) is 0 Å². The SMILES string of the molecule is Cc1cnc(N)c(C(NN)c2ccccn2)c1. The topological polar surface area (TPSA) is 89.8 Å². The number of hydrazine groups is 1. The van der Waals surface area contributed by atoms with Crippen molar-refractivity contribution in [2.75, 3.05) is 5.73 Å². The number of nitrogens with two attached hydrogens (primary N) is 2. The minimum Gasteiger partial charge on any atom is -0.383 e. The monoisotopic (exact) mass is 229 g/mol. The highest BCUT2D eigenvalue weighted by Crippen LogP contribution is 2.23. The number of nitrogens with zero attached hydrogens (tertiary/aromatic N) is 2. The van der Waals surface area contributed by atoms with E-state index in [9.17, 15) is 0 Å².